The summed E-state index contributed by atoms with van der Waals surface area (Å²) in [6.45, 7) is 2.11. The van der Waals surface area contributed by atoms with Gasteiger partial charge in [-0.1, -0.05) is 36.4 Å². The van der Waals surface area contributed by atoms with Gasteiger partial charge < -0.3 is 14.4 Å². The Hall–Kier alpha value is -2.53. The van der Waals surface area contributed by atoms with E-state index in [-0.39, 0.29) is 11.9 Å². The van der Waals surface area contributed by atoms with Crippen LogP contribution in [0.25, 0.3) is 0 Å². The molecule has 0 N–H and O–H groups in total. The number of benzene rings is 2. The summed E-state index contributed by atoms with van der Waals surface area (Å²) in [5, 5.41) is 0. The highest BCUT2D eigenvalue weighted by atomic mass is 16.5. The van der Waals surface area contributed by atoms with Crippen molar-refractivity contribution < 1.29 is 14.3 Å². The number of amides is 1. The number of piperazine rings is 1. The maximum atomic E-state index is 12.5. The van der Waals surface area contributed by atoms with Crippen LogP contribution in [0.1, 0.15) is 11.1 Å². The van der Waals surface area contributed by atoms with E-state index in [9.17, 15) is 4.79 Å². The second kappa shape index (κ2) is 8.23. The van der Waals surface area contributed by atoms with Crippen molar-refractivity contribution in [2.45, 2.75) is 19.0 Å². The van der Waals surface area contributed by atoms with E-state index < -0.39 is 0 Å². The van der Waals surface area contributed by atoms with Gasteiger partial charge in [0.25, 0.3) is 0 Å². The standard InChI is InChI=1S/C21H26N2O3/c1-22-18(11-17-9-10-19(25-2)20(12-17)26-3)14-23(15-21(22)24)13-16-7-5-4-6-8-16/h4-10,12,18H,11,13-15H2,1-3H3. The van der Waals surface area contributed by atoms with Crippen molar-refractivity contribution in [2.75, 3.05) is 34.4 Å². The predicted molar refractivity (Wildman–Crippen MR) is 102 cm³/mol. The summed E-state index contributed by atoms with van der Waals surface area (Å²) in [4.78, 5) is 16.6. The number of nitrogens with zero attached hydrogens (tertiary/aromatic N) is 2. The monoisotopic (exact) mass is 354 g/mol. The summed E-state index contributed by atoms with van der Waals surface area (Å²) in [7, 11) is 5.17. The molecule has 1 heterocycles. The van der Waals surface area contributed by atoms with Crippen LogP contribution >= 0.6 is 0 Å². The van der Waals surface area contributed by atoms with Gasteiger partial charge in [0.15, 0.2) is 11.5 Å². The van der Waals surface area contributed by atoms with Crippen LogP contribution in [-0.4, -0.2) is 56.1 Å². The highest BCUT2D eigenvalue weighted by molar-refractivity contribution is 5.79. The summed E-state index contributed by atoms with van der Waals surface area (Å²) < 4.78 is 10.7. The molecule has 5 heteroatoms. The van der Waals surface area contributed by atoms with Crippen LogP contribution in [0.4, 0.5) is 0 Å². The molecule has 0 aromatic heterocycles. The van der Waals surface area contributed by atoms with Gasteiger partial charge in [-0.3, -0.25) is 9.69 Å². The highest BCUT2D eigenvalue weighted by Crippen LogP contribution is 2.28. The Morgan fingerprint density at radius 1 is 1.00 bits per heavy atom. The van der Waals surface area contributed by atoms with Gasteiger partial charge in [-0.2, -0.15) is 0 Å². The first-order valence-electron chi connectivity index (χ1n) is 8.83. The van der Waals surface area contributed by atoms with Crippen molar-refractivity contribution in [3.8, 4) is 11.5 Å². The van der Waals surface area contributed by atoms with Crippen LogP contribution in [-0.2, 0) is 17.8 Å². The highest BCUT2D eigenvalue weighted by Gasteiger charge is 2.30. The molecule has 1 amide bonds. The third kappa shape index (κ3) is 4.17. The number of hydrogen-bond acceptors (Lipinski definition) is 4. The number of hydrogen-bond donors (Lipinski definition) is 0. The number of carbonyl (C=O) groups is 1. The lowest BCUT2D eigenvalue weighted by Gasteiger charge is -2.39. The molecule has 1 saturated heterocycles. The van der Waals surface area contributed by atoms with Crippen LogP contribution in [0.5, 0.6) is 11.5 Å². The lowest BCUT2D eigenvalue weighted by Crippen LogP contribution is -2.55. The van der Waals surface area contributed by atoms with Crippen molar-refractivity contribution in [3.05, 3.63) is 59.7 Å². The zero-order valence-corrected chi connectivity index (χ0v) is 15.6. The van der Waals surface area contributed by atoms with E-state index in [0.29, 0.717) is 6.54 Å². The van der Waals surface area contributed by atoms with Gasteiger partial charge in [0.05, 0.1) is 20.8 Å². The van der Waals surface area contributed by atoms with E-state index in [1.54, 1.807) is 14.2 Å². The molecular weight excluding hydrogens is 328 g/mol. The second-order valence-corrected chi connectivity index (χ2v) is 6.71. The van der Waals surface area contributed by atoms with Crippen LogP contribution in [0.3, 0.4) is 0 Å². The SMILES string of the molecule is COc1ccc(CC2CN(Cc3ccccc3)CC(=O)N2C)cc1OC. The Morgan fingerprint density at radius 3 is 2.42 bits per heavy atom. The van der Waals surface area contributed by atoms with Gasteiger partial charge in [-0.15, -0.1) is 0 Å². The van der Waals surface area contributed by atoms with Gasteiger partial charge in [-0.25, -0.2) is 0 Å². The minimum Gasteiger partial charge on any atom is -0.493 e. The molecule has 0 spiro atoms. The fourth-order valence-electron chi connectivity index (χ4n) is 3.43. The zero-order valence-electron chi connectivity index (χ0n) is 15.6. The average Bonchev–Trinajstić information content (AvgIpc) is 2.66. The molecule has 1 unspecified atom stereocenters. The first-order valence-corrected chi connectivity index (χ1v) is 8.83. The van der Waals surface area contributed by atoms with Gasteiger partial charge in [0.1, 0.15) is 0 Å². The minimum absolute atomic E-state index is 0.137. The first kappa shape index (κ1) is 18.3. The Bertz CT molecular complexity index is 748. The third-order valence-corrected chi connectivity index (χ3v) is 4.94. The van der Waals surface area contributed by atoms with Crippen molar-refractivity contribution in [2.24, 2.45) is 0 Å². The Kier molecular flexibility index (Phi) is 5.78. The molecule has 0 bridgehead atoms. The van der Waals surface area contributed by atoms with Crippen LogP contribution in [0.15, 0.2) is 48.5 Å². The Labute approximate surface area is 155 Å². The fourth-order valence-corrected chi connectivity index (χ4v) is 3.43. The maximum Gasteiger partial charge on any atom is 0.236 e. The van der Waals surface area contributed by atoms with Gasteiger partial charge in [0.2, 0.25) is 5.91 Å². The second-order valence-electron chi connectivity index (χ2n) is 6.71. The summed E-state index contributed by atoms with van der Waals surface area (Å²) in [5.41, 5.74) is 2.36. The molecular formula is C21H26N2O3. The quantitative estimate of drug-likeness (QED) is 0.800. The average molecular weight is 354 g/mol. The Balaban J connectivity index is 1.72. The molecule has 1 fully saturated rings. The third-order valence-electron chi connectivity index (χ3n) is 4.94. The lowest BCUT2D eigenvalue weighted by molar-refractivity contribution is -0.138. The van der Waals surface area contributed by atoms with Crippen molar-refractivity contribution in [1.29, 1.82) is 0 Å². The van der Waals surface area contributed by atoms with Gasteiger partial charge in [0, 0.05) is 26.2 Å². The van der Waals surface area contributed by atoms with Gasteiger partial charge in [-0.05, 0) is 29.7 Å². The van der Waals surface area contributed by atoms with E-state index >= 15 is 0 Å². The maximum absolute atomic E-state index is 12.5. The molecule has 0 saturated carbocycles. The van der Waals surface area contributed by atoms with E-state index in [1.165, 1.54) is 5.56 Å². The molecule has 0 aliphatic carbocycles. The molecule has 0 radical (unpaired) electrons. The minimum atomic E-state index is 0.137. The largest absolute Gasteiger partial charge is 0.493 e. The molecule has 1 aliphatic heterocycles. The van der Waals surface area contributed by atoms with E-state index in [4.69, 9.17) is 9.47 Å². The molecule has 26 heavy (non-hydrogen) atoms. The Morgan fingerprint density at radius 2 is 1.73 bits per heavy atom. The molecule has 1 aliphatic rings. The number of likely N-dealkylation sites (N-methyl/N-ethyl adjacent to an activating group) is 1. The number of ether oxygens (including phenoxy) is 2. The van der Waals surface area contributed by atoms with E-state index in [2.05, 4.69) is 17.0 Å². The molecule has 3 rings (SSSR count). The first-order chi connectivity index (χ1) is 12.6. The number of methoxy groups -OCH3 is 2. The fraction of sp³-hybridized carbons (Fsp3) is 0.381. The summed E-state index contributed by atoms with van der Waals surface area (Å²) in [5.74, 6) is 1.60. The number of carbonyl (C=O) groups excluding carboxylic acids is 1. The van der Waals surface area contributed by atoms with Crippen LogP contribution in [0, 0.1) is 0 Å². The summed E-state index contributed by atoms with van der Waals surface area (Å²) >= 11 is 0. The van der Waals surface area contributed by atoms with E-state index in [0.717, 1.165) is 36.6 Å². The molecule has 5 nitrogen and oxygen atoms in total. The molecule has 138 valence electrons. The molecule has 2 aromatic rings. The van der Waals surface area contributed by atoms with Crippen LogP contribution in [0.2, 0.25) is 0 Å². The lowest BCUT2D eigenvalue weighted by atomic mass is 10.0. The van der Waals surface area contributed by atoms with E-state index in [1.807, 2.05) is 48.3 Å². The molecule has 1 atom stereocenters. The number of rotatable bonds is 6. The summed E-state index contributed by atoms with van der Waals surface area (Å²) in [6.07, 6.45) is 0.786. The topological polar surface area (TPSA) is 42.0 Å². The normalized spacial score (nSPS) is 18.0. The summed E-state index contributed by atoms with van der Waals surface area (Å²) in [6, 6.07) is 16.4. The van der Waals surface area contributed by atoms with Crippen LogP contribution < -0.4 is 9.47 Å². The predicted octanol–water partition coefficient (Wildman–Crippen LogP) is 2.59. The smallest absolute Gasteiger partial charge is 0.236 e. The van der Waals surface area contributed by atoms with Crippen molar-refractivity contribution >= 4 is 5.91 Å². The zero-order chi connectivity index (χ0) is 18.5. The van der Waals surface area contributed by atoms with Crippen molar-refractivity contribution in [3.63, 3.8) is 0 Å². The molecule has 2 aromatic carbocycles. The van der Waals surface area contributed by atoms with Gasteiger partial charge >= 0.3 is 0 Å². The van der Waals surface area contributed by atoms with Crippen molar-refractivity contribution in [1.82, 2.24) is 9.80 Å².